The van der Waals surface area contributed by atoms with Gasteiger partial charge in [-0.2, -0.15) is 0 Å². The average Bonchev–Trinajstić information content (AvgIpc) is 2.11. The first kappa shape index (κ1) is 13.0. The lowest BCUT2D eigenvalue weighted by atomic mass is 10.3. The Morgan fingerprint density at radius 3 is 2.60 bits per heavy atom. The molecule has 0 saturated heterocycles. The molecule has 1 heterocycles. The average molecular weight is 397 g/mol. The molecule has 0 saturated carbocycles. The van der Waals surface area contributed by atoms with Crippen molar-refractivity contribution in [1.29, 1.82) is 0 Å². The SMILES string of the molecule is NCc1ncc(OC(F)(F)F)c(Br)c1I. The second-order valence-corrected chi connectivity index (χ2v) is 4.32. The van der Waals surface area contributed by atoms with E-state index in [1.165, 1.54) is 0 Å². The molecule has 0 amide bonds. The van der Waals surface area contributed by atoms with Crippen LogP contribution in [0.4, 0.5) is 13.2 Å². The van der Waals surface area contributed by atoms with Crippen molar-refractivity contribution >= 4 is 38.5 Å². The van der Waals surface area contributed by atoms with Crippen molar-refractivity contribution in [3.63, 3.8) is 0 Å². The minimum Gasteiger partial charge on any atom is -0.403 e. The molecule has 0 aromatic carbocycles. The highest BCUT2D eigenvalue weighted by Gasteiger charge is 2.32. The van der Waals surface area contributed by atoms with Crippen LogP contribution in [0.3, 0.4) is 0 Å². The fraction of sp³-hybridized carbons (Fsp3) is 0.286. The van der Waals surface area contributed by atoms with Gasteiger partial charge in [-0.15, -0.1) is 13.2 Å². The van der Waals surface area contributed by atoms with E-state index in [0.29, 0.717) is 9.26 Å². The van der Waals surface area contributed by atoms with Gasteiger partial charge in [0.05, 0.1) is 19.9 Å². The van der Waals surface area contributed by atoms with Crippen LogP contribution in [-0.2, 0) is 6.54 Å². The number of nitrogens with zero attached hydrogens (tertiary/aromatic N) is 1. The first-order valence-corrected chi connectivity index (χ1v) is 5.51. The van der Waals surface area contributed by atoms with E-state index in [2.05, 4.69) is 25.7 Å². The number of hydrogen-bond acceptors (Lipinski definition) is 3. The van der Waals surface area contributed by atoms with Crippen LogP contribution in [0, 0.1) is 3.57 Å². The number of aromatic nitrogens is 1. The van der Waals surface area contributed by atoms with Crippen molar-refractivity contribution in [2.24, 2.45) is 5.73 Å². The first-order valence-electron chi connectivity index (χ1n) is 3.64. The van der Waals surface area contributed by atoms with Crippen LogP contribution in [0.25, 0.3) is 0 Å². The zero-order valence-corrected chi connectivity index (χ0v) is 10.9. The normalized spacial score (nSPS) is 11.6. The predicted molar refractivity (Wildman–Crippen MR) is 59.2 cm³/mol. The van der Waals surface area contributed by atoms with Gasteiger partial charge in [0.2, 0.25) is 0 Å². The van der Waals surface area contributed by atoms with Gasteiger partial charge in [0.15, 0.2) is 5.75 Å². The smallest absolute Gasteiger partial charge is 0.403 e. The quantitative estimate of drug-likeness (QED) is 0.782. The molecule has 0 unspecified atom stereocenters. The Balaban J connectivity index is 3.07. The molecule has 3 nitrogen and oxygen atoms in total. The Morgan fingerprint density at radius 2 is 2.13 bits per heavy atom. The van der Waals surface area contributed by atoms with Crippen molar-refractivity contribution < 1.29 is 17.9 Å². The molecule has 8 heteroatoms. The van der Waals surface area contributed by atoms with Crippen molar-refractivity contribution in [3.8, 4) is 5.75 Å². The molecule has 0 atom stereocenters. The monoisotopic (exact) mass is 396 g/mol. The fourth-order valence-electron chi connectivity index (χ4n) is 0.823. The third kappa shape index (κ3) is 3.45. The highest BCUT2D eigenvalue weighted by Crippen LogP contribution is 2.34. The fourth-order valence-corrected chi connectivity index (χ4v) is 1.86. The van der Waals surface area contributed by atoms with Gasteiger partial charge in [0, 0.05) is 6.54 Å². The molecule has 15 heavy (non-hydrogen) atoms. The number of hydrogen-bond donors (Lipinski definition) is 1. The molecule has 0 aliphatic rings. The maximum absolute atomic E-state index is 11.9. The van der Waals surface area contributed by atoms with Crippen LogP contribution in [0.15, 0.2) is 10.7 Å². The number of pyridine rings is 1. The van der Waals surface area contributed by atoms with Gasteiger partial charge in [-0.3, -0.25) is 4.98 Å². The van der Waals surface area contributed by atoms with E-state index in [4.69, 9.17) is 5.73 Å². The van der Waals surface area contributed by atoms with Crippen LogP contribution < -0.4 is 10.5 Å². The summed E-state index contributed by atoms with van der Waals surface area (Å²) in [5.41, 5.74) is 5.86. The third-order valence-corrected chi connectivity index (χ3v) is 4.11. The molecule has 1 rings (SSSR count). The van der Waals surface area contributed by atoms with Crippen molar-refractivity contribution in [3.05, 3.63) is 19.9 Å². The van der Waals surface area contributed by atoms with Crippen LogP contribution in [0.1, 0.15) is 5.69 Å². The largest absolute Gasteiger partial charge is 0.573 e. The second-order valence-electron chi connectivity index (χ2n) is 2.45. The Morgan fingerprint density at radius 1 is 1.53 bits per heavy atom. The van der Waals surface area contributed by atoms with Gasteiger partial charge in [-0.05, 0) is 38.5 Å². The van der Waals surface area contributed by atoms with Crippen molar-refractivity contribution in [1.82, 2.24) is 4.98 Å². The van der Waals surface area contributed by atoms with Gasteiger partial charge < -0.3 is 10.5 Å². The minimum atomic E-state index is -4.72. The lowest BCUT2D eigenvalue weighted by Gasteiger charge is -2.12. The molecule has 84 valence electrons. The van der Waals surface area contributed by atoms with Gasteiger partial charge in [0.1, 0.15) is 0 Å². The molecule has 1 aromatic rings. The summed E-state index contributed by atoms with van der Waals surface area (Å²) in [6, 6.07) is 0. The van der Waals surface area contributed by atoms with Crippen LogP contribution >= 0.6 is 38.5 Å². The summed E-state index contributed by atoms with van der Waals surface area (Å²) in [6.45, 7) is 0.156. The van der Waals surface area contributed by atoms with E-state index in [1.54, 1.807) is 0 Å². The first-order chi connectivity index (χ1) is 6.85. The molecule has 0 fully saturated rings. The summed E-state index contributed by atoms with van der Waals surface area (Å²) >= 11 is 4.84. The summed E-state index contributed by atoms with van der Waals surface area (Å²) in [5.74, 6) is -0.371. The minimum absolute atomic E-state index is 0.156. The zero-order chi connectivity index (χ0) is 11.6. The van der Waals surface area contributed by atoms with Gasteiger partial charge in [-0.25, -0.2) is 0 Å². The Hall–Kier alpha value is -0.0900. The maximum atomic E-state index is 11.9. The van der Waals surface area contributed by atoms with Crippen molar-refractivity contribution in [2.75, 3.05) is 0 Å². The topological polar surface area (TPSA) is 48.1 Å². The van der Waals surface area contributed by atoms with Crippen LogP contribution in [0.2, 0.25) is 0 Å². The standard InChI is InChI=1S/C7H5BrF3IN2O/c8-5-4(15-7(9,10)11)2-14-3(1-13)6(5)12/h2H,1,13H2. The molecular formula is C7H5BrF3IN2O. The molecule has 2 N–H and O–H groups in total. The van der Waals surface area contributed by atoms with E-state index in [0.717, 1.165) is 6.20 Å². The van der Waals surface area contributed by atoms with Gasteiger partial charge in [0.25, 0.3) is 0 Å². The maximum Gasteiger partial charge on any atom is 0.573 e. The molecule has 0 aliphatic heterocycles. The number of nitrogens with two attached hydrogens (primary N) is 1. The molecule has 1 aromatic heterocycles. The van der Waals surface area contributed by atoms with Gasteiger partial charge >= 0.3 is 6.36 Å². The van der Waals surface area contributed by atoms with E-state index in [-0.39, 0.29) is 16.8 Å². The molecule has 0 aliphatic carbocycles. The number of alkyl halides is 3. The Kier molecular flexibility index (Phi) is 4.18. The molecule has 0 bridgehead atoms. The zero-order valence-electron chi connectivity index (χ0n) is 7.11. The molecule has 0 radical (unpaired) electrons. The number of ether oxygens (including phenoxy) is 1. The van der Waals surface area contributed by atoms with E-state index in [1.807, 2.05) is 22.6 Å². The van der Waals surface area contributed by atoms with E-state index < -0.39 is 6.36 Å². The van der Waals surface area contributed by atoms with Crippen LogP contribution in [-0.4, -0.2) is 11.3 Å². The highest BCUT2D eigenvalue weighted by atomic mass is 127. The number of halogens is 5. The van der Waals surface area contributed by atoms with Crippen LogP contribution in [0.5, 0.6) is 5.75 Å². The van der Waals surface area contributed by atoms with Gasteiger partial charge in [-0.1, -0.05) is 0 Å². The number of rotatable bonds is 2. The van der Waals surface area contributed by atoms with Crippen molar-refractivity contribution in [2.45, 2.75) is 12.9 Å². The lowest BCUT2D eigenvalue weighted by Crippen LogP contribution is -2.18. The third-order valence-electron chi connectivity index (χ3n) is 1.42. The summed E-state index contributed by atoms with van der Waals surface area (Å²) < 4.78 is 40.3. The summed E-state index contributed by atoms with van der Waals surface area (Å²) in [4.78, 5) is 3.75. The second kappa shape index (κ2) is 4.83. The summed E-state index contributed by atoms with van der Waals surface area (Å²) in [6.07, 6.45) is -3.74. The lowest BCUT2D eigenvalue weighted by molar-refractivity contribution is -0.275. The summed E-state index contributed by atoms with van der Waals surface area (Å²) in [7, 11) is 0. The highest BCUT2D eigenvalue weighted by molar-refractivity contribution is 14.1. The van der Waals surface area contributed by atoms with E-state index >= 15 is 0 Å². The Bertz CT molecular complexity index is 372. The predicted octanol–water partition coefficient (Wildman–Crippen LogP) is 2.81. The molecule has 0 spiro atoms. The Labute approximate surface area is 105 Å². The summed E-state index contributed by atoms with van der Waals surface area (Å²) in [5, 5.41) is 0. The molecular weight excluding hydrogens is 392 g/mol. The van der Waals surface area contributed by atoms with E-state index in [9.17, 15) is 13.2 Å².